The van der Waals surface area contributed by atoms with E-state index in [1.807, 2.05) is 0 Å². The zero-order valence-electron chi connectivity index (χ0n) is 38.4. The van der Waals surface area contributed by atoms with Crippen LogP contribution in [-0.2, 0) is 0 Å². The number of aromatic nitrogens is 1. The lowest BCUT2D eigenvalue weighted by Crippen LogP contribution is -2.61. The second-order valence-corrected chi connectivity index (χ2v) is 19.2. The standard InChI is InChI=1S/C66H40BN3O/c1-3-13-41(14-4-1)43-25-31-47(32-26-43)68-58-35-29-45-37-54(58)67-55-38-46(51-20-12-24-63-65(51)64-50(45)19-11-23-62(64)71-63)30-36-59(55)69(48-33-27-44(28-34-48)42-15-5-2-6-16-42)61-40-49(39-60(68)66(61)67)70-56-21-9-7-17-52(56)53-18-8-10-22-57(53)70/h1-40H. The van der Waals surface area contributed by atoms with Crippen molar-refractivity contribution in [1.82, 2.24) is 4.57 Å². The predicted octanol–water partition coefficient (Wildman–Crippen LogP) is 15.7. The number of furan rings is 1. The summed E-state index contributed by atoms with van der Waals surface area (Å²) in [4.78, 5) is 5.08. The van der Waals surface area contributed by atoms with Crippen LogP contribution in [0.25, 0.3) is 93.9 Å². The zero-order chi connectivity index (χ0) is 46.3. The lowest BCUT2D eigenvalue weighted by atomic mass is 9.33. The SMILES string of the molecule is c1ccc(-c2ccc(N3c4ccc5cc4B4c6cc(ccc6N(c6ccc(-c7ccccc7)cc6)c6cc(-n7c8ccccc8c8ccccc87)cc3c64)-c3cccc4oc6cccc-5c6c34)cc2)cc1. The normalized spacial score (nSPS) is 13.0. The molecule has 0 aliphatic carbocycles. The van der Waals surface area contributed by atoms with E-state index in [-0.39, 0.29) is 6.71 Å². The van der Waals surface area contributed by atoms with Crippen LogP contribution in [0, 0.1) is 0 Å². The number of hydrogen-bond acceptors (Lipinski definition) is 3. The third kappa shape index (κ3) is 5.51. The Hall–Kier alpha value is -9.32. The van der Waals surface area contributed by atoms with Crippen molar-refractivity contribution in [2.45, 2.75) is 0 Å². The summed E-state index contributed by atoms with van der Waals surface area (Å²) < 4.78 is 9.17. The van der Waals surface area contributed by atoms with E-state index in [0.29, 0.717) is 0 Å². The van der Waals surface area contributed by atoms with Crippen LogP contribution in [0.5, 0.6) is 0 Å². The largest absolute Gasteiger partial charge is 0.456 e. The number of hydrogen-bond donors (Lipinski definition) is 0. The van der Waals surface area contributed by atoms with Crippen molar-refractivity contribution in [1.29, 1.82) is 0 Å². The van der Waals surface area contributed by atoms with Gasteiger partial charge in [-0.2, -0.15) is 0 Å². The van der Waals surface area contributed by atoms with Gasteiger partial charge in [0.25, 0.3) is 6.71 Å². The summed E-state index contributed by atoms with van der Waals surface area (Å²) in [5, 5.41) is 4.78. The zero-order valence-corrected chi connectivity index (χ0v) is 38.4. The molecule has 0 amide bonds. The van der Waals surface area contributed by atoms with Gasteiger partial charge in [-0.15, -0.1) is 0 Å². The molecule has 11 aromatic carbocycles. The van der Waals surface area contributed by atoms with Crippen LogP contribution >= 0.6 is 0 Å². The van der Waals surface area contributed by atoms with Crippen molar-refractivity contribution >= 4 is 101 Å². The van der Waals surface area contributed by atoms with E-state index < -0.39 is 0 Å². The first-order valence-corrected chi connectivity index (χ1v) is 24.5. The highest BCUT2D eigenvalue weighted by Crippen LogP contribution is 2.49. The van der Waals surface area contributed by atoms with Crippen molar-refractivity contribution in [3.05, 3.63) is 243 Å². The number of anilines is 6. The Kier molecular flexibility index (Phi) is 7.94. The molecule has 0 spiro atoms. The lowest BCUT2D eigenvalue weighted by Gasteiger charge is -2.44. The van der Waals surface area contributed by atoms with E-state index in [2.05, 4.69) is 257 Å². The Morgan fingerprint density at radius 2 is 0.732 bits per heavy atom. The lowest BCUT2D eigenvalue weighted by molar-refractivity contribution is 0.669. The molecule has 5 heteroatoms. The molecule has 4 nitrogen and oxygen atoms in total. The summed E-state index contributed by atoms with van der Waals surface area (Å²) in [7, 11) is 0. The van der Waals surface area contributed by atoms with Crippen LogP contribution in [0.1, 0.15) is 0 Å². The molecule has 0 unspecified atom stereocenters. The average molecular weight is 902 g/mol. The van der Waals surface area contributed by atoms with E-state index >= 15 is 0 Å². The van der Waals surface area contributed by atoms with Crippen LogP contribution in [0.15, 0.2) is 247 Å². The van der Waals surface area contributed by atoms with Gasteiger partial charge in [0.2, 0.25) is 0 Å². The second kappa shape index (κ2) is 14.6. The maximum Gasteiger partial charge on any atom is 0.252 e. The molecule has 328 valence electrons. The molecule has 0 fully saturated rings. The quantitative estimate of drug-likeness (QED) is 0.161. The molecule has 0 saturated heterocycles. The van der Waals surface area contributed by atoms with E-state index in [1.165, 1.54) is 94.1 Å². The molecule has 5 heterocycles. The smallest absolute Gasteiger partial charge is 0.252 e. The molecule has 4 bridgehead atoms. The van der Waals surface area contributed by atoms with Gasteiger partial charge in [-0.05, 0) is 134 Å². The fourth-order valence-electron chi connectivity index (χ4n) is 12.4. The fourth-order valence-corrected chi connectivity index (χ4v) is 12.4. The van der Waals surface area contributed by atoms with Crippen LogP contribution in [0.2, 0.25) is 0 Å². The fraction of sp³-hybridized carbons (Fsp3) is 0. The van der Waals surface area contributed by atoms with Crippen LogP contribution in [0.4, 0.5) is 34.1 Å². The Morgan fingerprint density at radius 3 is 1.21 bits per heavy atom. The predicted molar refractivity (Wildman–Crippen MR) is 297 cm³/mol. The number of nitrogens with zero attached hydrogens (tertiary/aromatic N) is 3. The number of rotatable bonds is 5. The highest BCUT2D eigenvalue weighted by molar-refractivity contribution is 7.00. The molecular weight excluding hydrogens is 862 g/mol. The monoisotopic (exact) mass is 901 g/mol. The maximum atomic E-state index is 6.69. The topological polar surface area (TPSA) is 24.6 Å². The van der Waals surface area contributed by atoms with Gasteiger partial charge < -0.3 is 18.8 Å². The van der Waals surface area contributed by atoms with Gasteiger partial charge >= 0.3 is 0 Å². The van der Waals surface area contributed by atoms with Crippen LogP contribution in [-0.4, -0.2) is 11.3 Å². The Balaban J connectivity index is 1.04. The second-order valence-electron chi connectivity index (χ2n) is 19.2. The highest BCUT2D eigenvalue weighted by atomic mass is 16.3. The minimum atomic E-state index is -0.0904. The van der Waals surface area contributed by atoms with Crippen molar-refractivity contribution in [2.24, 2.45) is 0 Å². The third-order valence-corrected chi connectivity index (χ3v) is 15.5. The summed E-state index contributed by atoms with van der Waals surface area (Å²) in [6, 6.07) is 89.8. The van der Waals surface area contributed by atoms with Gasteiger partial charge in [-0.3, -0.25) is 0 Å². The maximum absolute atomic E-state index is 6.69. The molecule has 13 aromatic rings. The Labute approximate surface area is 410 Å². The first-order valence-electron chi connectivity index (χ1n) is 24.5. The number of para-hydroxylation sites is 2. The van der Waals surface area contributed by atoms with Gasteiger partial charge in [0.15, 0.2) is 0 Å². The molecular formula is C66H40BN3O. The van der Waals surface area contributed by atoms with Crippen molar-refractivity contribution in [3.8, 4) is 50.2 Å². The van der Waals surface area contributed by atoms with Gasteiger partial charge in [-0.1, -0.05) is 170 Å². The third-order valence-electron chi connectivity index (χ3n) is 15.5. The van der Waals surface area contributed by atoms with Crippen molar-refractivity contribution < 1.29 is 4.42 Å². The summed E-state index contributed by atoms with van der Waals surface area (Å²) in [6.07, 6.45) is 0. The highest BCUT2D eigenvalue weighted by Gasteiger charge is 2.44. The first-order chi connectivity index (χ1) is 35.2. The molecule has 0 saturated carbocycles. The molecule has 0 radical (unpaired) electrons. The average Bonchev–Trinajstić information content (AvgIpc) is 3.99. The first kappa shape index (κ1) is 38.6. The molecule has 2 aromatic heterocycles. The number of benzene rings is 11. The molecule has 0 atom stereocenters. The van der Waals surface area contributed by atoms with Crippen molar-refractivity contribution in [2.75, 3.05) is 9.80 Å². The summed E-state index contributed by atoms with van der Waals surface area (Å²) in [6.45, 7) is -0.0904. The van der Waals surface area contributed by atoms with Gasteiger partial charge in [0.1, 0.15) is 11.2 Å². The van der Waals surface area contributed by atoms with E-state index in [9.17, 15) is 0 Å². The van der Waals surface area contributed by atoms with Gasteiger partial charge in [0.05, 0.1) is 16.7 Å². The van der Waals surface area contributed by atoms with E-state index in [1.54, 1.807) is 0 Å². The number of fused-ring (bicyclic) bond motifs is 7. The molecule has 16 rings (SSSR count). The summed E-state index contributed by atoms with van der Waals surface area (Å²) in [5.41, 5.74) is 25.4. The van der Waals surface area contributed by atoms with Crippen molar-refractivity contribution in [3.63, 3.8) is 0 Å². The Morgan fingerprint density at radius 1 is 0.310 bits per heavy atom. The van der Waals surface area contributed by atoms with E-state index in [0.717, 1.165) is 50.4 Å². The minimum Gasteiger partial charge on any atom is -0.456 e. The molecule has 71 heavy (non-hydrogen) atoms. The minimum absolute atomic E-state index is 0.0904. The molecule has 3 aliphatic rings. The molecule has 3 aliphatic heterocycles. The van der Waals surface area contributed by atoms with Gasteiger partial charge in [0, 0.05) is 55.7 Å². The van der Waals surface area contributed by atoms with Crippen LogP contribution in [0.3, 0.4) is 0 Å². The van der Waals surface area contributed by atoms with Crippen LogP contribution < -0.4 is 26.2 Å². The van der Waals surface area contributed by atoms with Gasteiger partial charge in [-0.25, -0.2) is 0 Å². The van der Waals surface area contributed by atoms with E-state index in [4.69, 9.17) is 4.42 Å². The summed E-state index contributed by atoms with van der Waals surface area (Å²) in [5.74, 6) is 0. The molecule has 0 N–H and O–H groups in total. The summed E-state index contributed by atoms with van der Waals surface area (Å²) >= 11 is 0. The Bertz CT molecular complexity index is 4070.